The van der Waals surface area contributed by atoms with E-state index in [-0.39, 0.29) is 5.91 Å². The molecule has 0 radical (unpaired) electrons. The lowest BCUT2D eigenvalue weighted by atomic mass is 10.1. The van der Waals surface area contributed by atoms with Gasteiger partial charge >= 0.3 is 0 Å². The molecule has 4 nitrogen and oxygen atoms in total. The minimum absolute atomic E-state index is 0.107. The quantitative estimate of drug-likeness (QED) is 0.738. The fraction of sp³-hybridized carbons (Fsp3) is 0.111. The average Bonchev–Trinajstić information content (AvgIpc) is 3.05. The van der Waals surface area contributed by atoms with Gasteiger partial charge < -0.3 is 9.42 Å². The molecule has 1 amide bonds. The summed E-state index contributed by atoms with van der Waals surface area (Å²) in [5.74, 6) is -0.107. The normalized spacial score (nSPS) is 10.4. The van der Waals surface area contributed by atoms with E-state index in [1.54, 1.807) is 11.9 Å². The first-order valence-electron chi connectivity index (χ1n) is 7.05. The second-order valence-corrected chi connectivity index (χ2v) is 5.09. The predicted octanol–water partition coefficient (Wildman–Crippen LogP) is 3.61. The first kappa shape index (κ1) is 14.1. The zero-order valence-electron chi connectivity index (χ0n) is 12.3. The van der Waals surface area contributed by atoms with Gasteiger partial charge in [0.1, 0.15) is 17.5 Å². The maximum Gasteiger partial charge on any atom is 0.259 e. The molecule has 0 N–H and O–H groups in total. The first-order chi connectivity index (χ1) is 10.8. The molecule has 22 heavy (non-hydrogen) atoms. The number of aromatic nitrogens is 1. The monoisotopic (exact) mass is 292 g/mol. The molecule has 3 aromatic rings. The molecule has 0 aliphatic heterocycles. The van der Waals surface area contributed by atoms with Gasteiger partial charge in [0.15, 0.2) is 0 Å². The lowest BCUT2D eigenvalue weighted by Crippen LogP contribution is -2.26. The summed E-state index contributed by atoms with van der Waals surface area (Å²) in [5.41, 5.74) is 3.00. The van der Waals surface area contributed by atoms with Crippen LogP contribution in [0.25, 0.3) is 11.3 Å². The number of benzene rings is 2. The molecule has 0 unspecified atom stereocenters. The molecule has 2 aromatic carbocycles. The second kappa shape index (κ2) is 6.26. The highest BCUT2D eigenvalue weighted by Gasteiger charge is 2.20. The van der Waals surface area contributed by atoms with Crippen molar-refractivity contribution in [2.24, 2.45) is 0 Å². The Morgan fingerprint density at radius 2 is 1.68 bits per heavy atom. The van der Waals surface area contributed by atoms with Crippen molar-refractivity contribution in [1.82, 2.24) is 10.1 Å². The third kappa shape index (κ3) is 2.91. The SMILES string of the molecule is CN(Cc1ccccc1)C(=O)c1conc1-c1ccccc1. The molecule has 1 aromatic heterocycles. The summed E-state index contributed by atoms with van der Waals surface area (Å²) < 4.78 is 5.02. The van der Waals surface area contributed by atoms with E-state index in [9.17, 15) is 4.79 Å². The Morgan fingerprint density at radius 1 is 1.05 bits per heavy atom. The van der Waals surface area contributed by atoms with Crippen molar-refractivity contribution >= 4 is 5.91 Å². The van der Waals surface area contributed by atoms with Gasteiger partial charge in [-0.3, -0.25) is 4.79 Å². The summed E-state index contributed by atoms with van der Waals surface area (Å²) in [5, 5.41) is 3.97. The predicted molar refractivity (Wildman–Crippen MR) is 84.2 cm³/mol. The van der Waals surface area contributed by atoms with E-state index in [0.717, 1.165) is 11.1 Å². The summed E-state index contributed by atoms with van der Waals surface area (Å²) in [6.07, 6.45) is 1.41. The van der Waals surface area contributed by atoms with Crippen molar-refractivity contribution in [3.05, 3.63) is 78.1 Å². The van der Waals surface area contributed by atoms with Crippen LogP contribution < -0.4 is 0 Å². The molecule has 0 aliphatic carbocycles. The third-order valence-corrected chi connectivity index (χ3v) is 3.46. The second-order valence-electron chi connectivity index (χ2n) is 5.09. The Kier molecular flexibility index (Phi) is 4.01. The van der Waals surface area contributed by atoms with Gasteiger partial charge in [0.25, 0.3) is 5.91 Å². The van der Waals surface area contributed by atoms with Crippen LogP contribution in [0.2, 0.25) is 0 Å². The van der Waals surface area contributed by atoms with E-state index in [2.05, 4.69) is 5.16 Å². The Morgan fingerprint density at radius 3 is 2.36 bits per heavy atom. The minimum Gasteiger partial charge on any atom is -0.363 e. The van der Waals surface area contributed by atoms with Crippen LogP contribution in [0, 0.1) is 0 Å². The molecular weight excluding hydrogens is 276 g/mol. The molecule has 0 saturated carbocycles. The topological polar surface area (TPSA) is 46.3 Å². The zero-order valence-corrected chi connectivity index (χ0v) is 12.3. The van der Waals surface area contributed by atoms with Crippen LogP contribution in [-0.2, 0) is 6.54 Å². The summed E-state index contributed by atoms with van der Waals surface area (Å²) in [6.45, 7) is 0.541. The van der Waals surface area contributed by atoms with Crippen molar-refractivity contribution in [1.29, 1.82) is 0 Å². The van der Waals surface area contributed by atoms with Gasteiger partial charge in [-0.25, -0.2) is 0 Å². The highest BCUT2D eigenvalue weighted by Crippen LogP contribution is 2.23. The van der Waals surface area contributed by atoms with Crippen LogP contribution in [0.5, 0.6) is 0 Å². The number of hydrogen-bond acceptors (Lipinski definition) is 3. The lowest BCUT2D eigenvalue weighted by Gasteiger charge is -2.16. The maximum absolute atomic E-state index is 12.6. The van der Waals surface area contributed by atoms with E-state index in [1.165, 1.54) is 6.26 Å². The van der Waals surface area contributed by atoms with Crippen LogP contribution in [0.4, 0.5) is 0 Å². The van der Waals surface area contributed by atoms with Crippen molar-refractivity contribution < 1.29 is 9.32 Å². The van der Waals surface area contributed by atoms with Crippen molar-refractivity contribution in [2.45, 2.75) is 6.54 Å². The molecule has 3 rings (SSSR count). The molecule has 0 aliphatic rings. The average molecular weight is 292 g/mol. The largest absolute Gasteiger partial charge is 0.363 e. The number of amides is 1. The van der Waals surface area contributed by atoms with Crippen molar-refractivity contribution in [3.8, 4) is 11.3 Å². The fourth-order valence-corrected chi connectivity index (χ4v) is 2.33. The van der Waals surface area contributed by atoms with Gasteiger partial charge in [-0.1, -0.05) is 65.8 Å². The van der Waals surface area contributed by atoms with Crippen molar-refractivity contribution in [3.63, 3.8) is 0 Å². The van der Waals surface area contributed by atoms with E-state index in [0.29, 0.717) is 17.8 Å². The van der Waals surface area contributed by atoms with Gasteiger partial charge in [0.2, 0.25) is 0 Å². The number of rotatable bonds is 4. The Labute approximate surface area is 129 Å². The van der Waals surface area contributed by atoms with Gasteiger partial charge in [-0.2, -0.15) is 0 Å². The van der Waals surface area contributed by atoms with Gasteiger partial charge in [-0.15, -0.1) is 0 Å². The fourth-order valence-electron chi connectivity index (χ4n) is 2.33. The van der Waals surface area contributed by atoms with Gasteiger partial charge in [0.05, 0.1) is 0 Å². The van der Waals surface area contributed by atoms with E-state index in [4.69, 9.17) is 4.52 Å². The zero-order chi connectivity index (χ0) is 15.4. The van der Waals surface area contributed by atoms with Crippen LogP contribution in [0.15, 0.2) is 71.4 Å². The molecule has 110 valence electrons. The van der Waals surface area contributed by atoms with Gasteiger partial charge in [0, 0.05) is 19.2 Å². The molecule has 0 bridgehead atoms. The van der Waals surface area contributed by atoms with E-state index < -0.39 is 0 Å². The van der Waals surface area contributed by atoms with E-state index in [1.807, 2.05) is 60.7 Å². The minimum atomic E-state index is -0.107. The highest BCUT2D eigenvalue weighted by molar-refractivity contribution is 5.99. The maximum atomic E-state index is 12.6. The summed E-state index contributed by atoms with van der Waals surface area (Å²) in [7, 11) is 1.77. The molecule has 1 heterocycles. The van der Waals surface area contributed by atoms with Crippen LogP contribution in [0.3, 0.4) is 0 Å². The standard InChI is InChI=1S/C18H16N2O2/c1-20(12-14-8-4-2-5-9-14)18(21)16-13-22-19-17(16)15-10-6-3-7-11-15/h2-11,13H,12H2,1H3. The summed E-state index contributed by atoms with van der Waals surface area (Å²) in [6, 6.07) is 19.4. The lowest BCUT2D eigenvalue weighted by molar-refractivity contribution is 0.0785. The van der Waals surface area contributed by atoms with Crippen molar-refractivity contribution in [2.75, 3.05) is 7.05 Å². The number of hydrogen-bond donors (Lipinski definition) is 0. The molecule has 0 saturated heterocycles. The summed E-state index contributed by atoms with van der Waals surface area (Å²) >= 11 is 0. The Balaban J connectivity index is 1.83. The third-order valence-electron chi connectivity index (χ3n) is 3.46. The Bertz CT molecular complexity index is 751. The molecule has 0 fully saturated rings. The van der Waals surface area contributed by atoms with Gasteiger partial charge in [-0.05, 0) is 5.56 Å². The van der Waals surface area contributed by atoms with Crippen LogP contribution in [0.1, 0.15) is 15.9 Å². The highest BCUT2D eigenvalue weighted by atomic mass is 16.5. The summed E-state index contributed by atoms with van der Waals surface area (Å²) in [4.78, 5) is 14.3. The molecular formula is C18H16N2O2. The number of carbonyl (C=O) groups is 1. The van der Waals surface area contributed by atoms with E-state index >= 15 is 0 Å². The smallest absolute Gasteiger partial charge is 0.259 e. The van der Waals surface area contributed by atoms with Crippen LogP contribution in [-0.4, -0.2) is 23.0 Å². The van der Waals surface area contributed by atoms with Crippen LogP contribution >= 0.6 is 0 Å². The molecule has 0 spiro atoms. The molecule has 0 atom stereocenters. The molecule has 4 heteroatoms. The first-order valence-corrected chi connectivity index (χ1v) is 7.05. The number of nitrogens with zero attached hydrogens (tertiary/aromatic N) is 2. The Hall–Kier alpha value is -2.88. The number of carbonyl (C=O) groups excluding carboxylic acids is 1.